The molecule has 1 aromatic rings. The Hall–Kier alpha value is -0.340. The summed E-state index contributed by atoms with van der Waals surface area (Å²) in [7, 11) is 0. The largest absolute Gasteiger partial charge is 0.306 e. The van der Waals surface area contributed by atoms with Crippen LogP contribution in [0.25, 0.3) is 0 Å². The van der Waals surface area contributed by atoms with Crippen molar-refractivity contribution in [3.63, 3.8) is 0 Å². The lowest BCUT2D eigenvalue weighted by Crippen LogP contribution is -2.38. The summed E-state index contributed by atoms with van der Waals surface area (Å²) < 4.78 is 0. The second-order valence-corrected chi connectivity index (χ2v) is 7.89. The molecule has 0 bridgehead atoms. The maximum Gasteiger partial charge on any atom is 0.0445 e. The standard InChI is InChI=1S/C18H29NS/c1-3-14-10-11-16(13(14)2)19-18(15-7-4-5-8-15)17-9-6-12-20-17/h6,9,12-16,18-19H,3-5,7-8,10-11H2,1-2H3. The molecule has 0 saturated heterocycles. The summed E-state index contributed by atoms with van der Waals surface area (Å²) in [5.74, 6) is 2.67. The van der Waals surface area contributed by atoms with Crippen molar-refractivity contribution >= 4 is 11.3 Å². The molecule has 2 aliphatic carbocycles. The molecule has 1 nitrogen and oxygen atoms in total. The maximum atomic E-state index is 4.08. The van der Waals surface area contributed by atoms with Crippen molar-refractivity contribution in [2.75, 3.05) is 0 Å². The number of nitrogens with one attached hydrogen (secondary N) is 1. The Morgan fingerprint density at radius 1 is 1.25 bits per heavy atom. The minimum atomic E-state index is 0.626. The fourth-order valence-electron chi connectivity index (χ4n) is 4.50. The highest BCUT2D eigenvalue weighted by molar-refractivity contribution is 7.10. The molecule has 2 aliphatic rings. The lowest BCUT2D eigenvalue weighted by atomic mass is 9.91. The summed E-state index contributed by atoms with van der Waals surface area (Å²) in [5, 5.41) is 6.33. The van der Waals surface area contributed by atoms with E-state index in [0.29, 0.717) is 6.04 Å². The van der Waals surface area contributed by atoms with Crippen LogP contribution >= 0.6 is 11.3 Å². The molecule has 4 unspecified atom stereocenters. The Balaban J connectivity index is 1.70. The highest BCUT2D eigenvalue weighted by atomic mass is 32.1. The fourth-order valence-corrected chi connectivity index (χ4v) is 5.38. The van der Waals surface area contributed by atoms with Crippen LogP contribution in [0.2, 0.25) is 0 Å². The van der Waals surface area contributed by atoms with Gasteiger partial charge < -0.3 is 5.32 Å². The molecule has 0 amide bonds. The van der Waals surface area contributed by atoms with E-state index in [-0.39, 0.29) is 0 Å². The van der Waals surface area contributed by atoms with E-state index in [1.165, 1.54) is 44.9 Å². The highest BCUT2D eigenvalue weighted by Crippen LogP contribution is 2.41. The van der Waals surface area contributed by atoms with Gasteiger partial charge in [0.25, 0.3) is 0 Å². The van der Waals surface area contributed by atoms with Crippen LogP contribution in [0.4, 0.5) is 0 Å². The van der Waals surface area contributed by atoms with Gasteiger partial charge in [-0.05, 0) is 54.9 Å². The second-order valence-electron chi connectivity index (χ2n) is 6.92. The molecule has 20 heavy (non-hydrogen) atoms. The minimum Gasteiger partial charge on any atom is -0.306 e. The normalized spacial score (nSPS) is 32.8. The molecule has 0 spiro atoms. The molecule has 2 fully saturated rings. The van der Waals surface area contributed by atoms with Crippen molar-refractivity contribution in [1.82, 2.24) is 5.32 Å². The van der Waals surface area contributed by atoms with Crippen LogP contribution in [0.3, 0.4) is 0 Å². The van der Waals surface area contributed by atoms with E-state index in [2.05, 4.69) is 36.7 Å². The fraction of sp³-hybridized carbons (Fsp3) is 0.778. The minimum absolute atomic E-state index is 0.626. The zero-order valence-electron chi connectivity index (χ0n) is 13.0. The molecular weight excluding hydrogens is 262 g/mol. The molecule has 1 heterocycles. The van der Waals surface area contributed by atoms with Crippen LogP contribution in [-0.4, -0.2) is 6.04 Å². The quantitative estimate of drug-likeness (QED) is 0.766. The van der Waals surface area contributed by atoms with Gasteiger partial charge in [-0.1, -0.05) is 39.2 Å². The van der Waals surface area contributed by atoms with Crippen LogP contribution in [0.1, 0.15) is 69.7 Å². The Morgan fingerprint density at radius 3 is 2.65 bits per heavy atom. The summed E-state index contributed by atoms with van der Waals surface area (Å²) in [6, 6.07) is 5.93. The topological polar surface area (TPSA) is 12.0 Å². The Kier molecular flexibility index (Phi) is 4.83. The van der Waals surface area contributed by atoms with Gasteiger partial charge in [-0.2, -0.15) is 0 Å². The van der Waals surface area contributed by atoms with Gasteiger partial charge in [-0.25, -0.2) is 0 Å². The third-order valence-corrected chi connectivity index (χ3v) is 6.82. The predicted octanol–water partition coefficient (Wildman–Crippen LogP) is 5.39. The first-order valence-electron chi connectivity index (χ1n) is 8.59. The number of rotatable bonds is 5. The third kappa shape index (κ3) is 2.96. The first-order valence-corrected chi connectivity index (χ1v) is 9.47. The predicted molar refractivity (Wildman–Crippen MR) is 88.1 cm³/mol. The van der Waals surface area contributed by atoms with E-state index in [0.717, 1.165) is 23.8 Å². The van der Waals surface area contributed by atoms with Crippen molar-refractivity contribution in [3.8, 4) is 0 Å². The summed E-state index contributed by atoms with van der Waals surface area (Å²) in [6.45, 7) is 4.83. The molecular formula is C18H29NS. The highest BCUT2D eigenvalue weighted by Gasteiger charge is 2.35. The molecule has 1 aromatic heterocycles. The maximum absolute atomic E-state index is 4.08. The average Bonchev–Trinajstić information content (AvgIpc) is 3.19. The van der Waals surface area contributed by atoms with Crippen molar-refractivity contribution in [2.24, 2.45) is 17.8 Å². The molecule has 2 saturated carbocycles. The van der Waals surface area contributed by atoms with Crippen LogP contribution in [0, 0.1) is 17.8 Å². The number of hydrogen-bond donors (Lipinski definition) is 1. The van der Waals surface area contributed by atoms with Crippen molar-refractivity contribution < 1.29 is 0 Å². The Bertz CT molecular complexity index is 394. The van der Waals surface area contributed by atoms with Gasteiger partial charge >= 0.3 is 0 Å². The summed E-state index contributed by atoms with van der Waals surface area (Å²) in [6.07, 6.45) is 9.89. The molecule has 4 atom stereocenters. The van der Waals surface area contributed by atoms with Gasteiger partial charge in [0.05, 0.1) is 0 Å². The van der Waals surface area contributed by atoms with Crippen molar-refractivity contribution in [1.29, 1.82) is 0 Å². The van der Waals surface area contributed by atoms with Crippen LogP contribution < -0.4 is 5.32 Å². The molecule has 0 radical (unpaired) electrons. The van der Waals surface area contributed by atoms with Gasteiger partial charge in [0.15, 0.2) is 0 Å². The van der Waals surface area contributed by atoms with Gasteiger partial charge in [0, 0.05) is 17.0 Å². The van der Waals surface area contributed by atoms with Gasteiger partial charge in [-0.3, -0.25) is 0 Å². The summed E-state index contributed by atoms with van der Waals surface area (Å²) in [5.41, 5.74) is 0. The van der Waals surface area contributed by atoms with E-state index in [9.17, 15) is 0 Å². The van der Waals surface area contributed by atoms with E-state index < -0.39 is 0 Å². The molecule has 3 rings (SSSR count). The molecule has 0 aromatic carbocycles. The van der Waals surface area contributed by atoms with E-state index in [1.807, 2.05) is 11.3 Å². The molecule has 2 heteroatoms. The average molecular weight is 292 g/mol. The van der Waals surface area contributed by atoms with E-state index in [1.54, 1.807) is 4.88 Å². The SMILES string of the molecule is CCC1CCC(NC(c2cccs2)C2CCCC2)C1C. The second kappa shape index (κ2) is 6.62. The smallest absolute Gasteiger partial charge is 0.0445 e. The summed E-state index contributed by atoms with van der Waals surface area (Å²) >= 11 is 1.95. The molecule has 1 N–H and O–H groups in total. The first-order chi connectivity index (χ1) is 9.79. The lowest BCUT2D eigenvalue weighted by molar-refractivity contribution is 0.279. The van der Waals surface area contributed by atoms with Crippen LogP contribution in [0.15, 0.2) is 17.5 Å². The Morgan fingerprint density at radius 2 is 2.05 bits per heavy atom. The number of thiophene rings is 1. The third-order valence-electron chi connectivity index (χ3n) is 5.87. The Labute approximate surface area is 128 Å². The van der Waals surface area contributed by atoms with E-state index >= 15 is 0 Å². The van der Waals surface area contributed by atoms with Crippen LogP contribution in [-0.2, 0) is 0 Å². The molecule has 0 aliphatic heterocycles. The zero-order chi connectivity index (χ0) is 13.9. The first kappa shape index (κ1) is 14.6. The van der Waals surface area contributed by atoms with Gasteiger partial charge in [0.2, 0.25) is 0 Å². The zero-order valence-corrected chi connectivity index (χ0v) is 13.8. The monoisotopic (exact) mass is 291 g/mol. The van der Waals surface area contributed by atoms with Crippen molar-refractivity contribution in [2.45, 2.75) is 70.9 Å². The summed E-state index contributed by atoms with van der Waals surface area (Å²) in [4.78, 5) is 1.57. The number of hydrogen-bond acceptors (Lipinski definition) is 2. The van der Waals surface area contributed by atoms with Gasteiger partial charge in [-0.15, -0.1) is 11.3 Å². The van der Waals surface area contributed by atoms with Crippen molar-refractivity contribution in [3.05, 3.63) is 22.4 Å². The van der Waals surface area contributed by atoms with E-state index in [4.69, 9.17) is 0 Å². The molecule has 112 valence electrons. The van der Waals surface area contributed by atoms with Gasteiger partial charge in [0.1, 0.15) is 0 Å². The van der Waals surface area contributed by atoms with Crippen LogP contribution in [0.5, 0.6) is 0 Å². The lowest BCUT2D eigenvalue weighted by Gasteiger charge is -2.30.